The first kappa shape index (κ1) is 20.6. The molecule has 2 amide bonds. The Balaban J connectivity index is 1.29. The van der Waals surface area contributed by atoms with Gasteiger partial charge in [-0.25, -0.2) is 4.68 Å². The third-order valence-electron chi connectivity index (χ3n) is 6.21. The minimum Gasteiger partial charge on any atom is -0.543 e. The fourth-order valence-corrected chi connectivity index (χ4v) is 6.29. The molecule has 1 fully saturated rings. The van der Waals surface area contributed by atoms with Crippen molar-refractivity contribution in [2.75, 3.05) is 0 Å². The highest BCUT2D eigenvalue weighted by Gasteiger charge is 2.59. The van der Waals surface area contributed by atoms with Gasteiger partial charge in [0.15, 0.2) is 0 Å². The van der Waals surface area contributed by atoms with Crippen LogP contribution in [-0.4, -0.2) is 69.9 Å². The molecule has 0 spiro atoms. The van der Waals surface area contributed by atoms with Gasteiger partial charge in [0.25, 0.3) is 0 Å². The molecule has 168 valence electrons. The summed E-state index contributed by atoms with van der Waals surface area (Å²) < 4.78 is 5.23. The van der Waals surface area contributed by atoms with Gasteiger partial charge in [-0.3, -0.25) is 9.59 Å². The fourth-order valence-electron chi connectivity index (χ4n) is 4.83. The largest absolute Gasteiger partial charge is 0.543 e. The van der Waals surface area contributed by atoms with Crippen molar-refractivity contribution >= 4 is 29.5 Å². The Hall–Kier alpha value is -3.29. The summed E-state index contributed by atoms with van der Waals surface area (Å²) in [6.07, 6.45) is 4.80. The molecule has 2 aromatic heterocycles. The lowest BCUT2D eigenvalue weighted by Crippen LogP contribution is -2.66. The van der Waals surface area contributed by atoms with Crippen LogP contribution in [0.3, 0.4) is 0 Å². The molecule has 0 saturated carbocycles. The summed E-state index contributed by atoms with van der Waals surface area (Å²) in [6, 6.07) is -0.813. The molecule has 0 aliphatic carbocycles. The van der Waals surface area contributed by atoms with Crippen LogP contribution in [0, 0.1) is 11.8 Å². The Bertz CT molecular complexity index is 1090. The highest BCUT2D eigenvalue weighted by Crippen LogP contribution is 2.51. The van der Waals surface area contributed by atoms with Crippen molar-refractivity contribution in [3.8, 4) is 0 Å². The highest BCUT2D eigenvalue weighted by atomic mass is 32.2. The number of aliphatic carboxylic acids is 1. The van der Waals surface area contributed by atoms with Crippen LogP contribution in [0.25, 0.3) is 0 Å². The van der Waals surface area contributed by atoms with Gasteiger partial charge in [0.1, 0.15) is 19.4 Å². The van der Waals surface area contributed by atoms with E-state index in [2.05, 4.69) is 25.8 Å². The number of amides is 2. The standard InChI is InChI=1S/C18H21N9O4S/c1-9-14-13(10(2)21-12(28)5-24-8-20-22-23-24)17(29)27(14)15(18(30)31)16(9)32-11-3-25-6-19-7-26(25)4-11/h6-11,13-14H,3-5H2,1-2H3,(H-,21,28,30,31)/t9-,10-,13-,14-/m1/s1. The number of carboxylic acid groups (broad SMARTS) is 1. The third kappa shape index (κ3) is 3.25. The summed E-state index contributed by atoms with van der Waals surface area (Å²) in [6.45, 7) is 5.01. The number of nitrogens with one attached hydrogen (secondary N) is 1. The van der Waals surface area contributed by atoms with Crippen molar-refractivity contribution in [1.82, 2.24) is 40.1 Å². The predicted molar refractivity (Wildman–Crippen MR) is 105 cm³/mol. The summed E-state index contributed by atoms with van der Waals surface area (Å²) >= 11 is 1.48. The Morgan fingerprint density at radius 2 is 2.22 bits per heavy atom. The minimum atomic E-state index is -1.35. The number of hydrogen-bond acceptors (Lipinski definition) is 9. The Kier molecular flexibility index (Phi) is 4.95. The van der Waals surface area contributed by atoms with Crippen LogP contribution in [0.2, 0.25) is 0 Å². The van der Waals surface area contributed by atoms with Gasteiger partial charge in [-0.2, -0.15) is 9.36 Å². The summed E-state index contributed by atoms with van der Waals surface area (Å²) in [5.74, 6) is -2.70. The van der Waals surface area contributed by atoms with Crippen LogP contribution >= 0.6 is 11.8 Å². The molecule has 4 atom stereocenters. The molecule has 1 saturated heterocycles. The van der Waals surface area contributed by atoms with Gasteiger partial charge in [-0.15, -0.1) is 16.9 Å². The first-order valence-electron chi connectivity index (χ1n) is 10.2. The van der Waals surface area contributed by atoms with Crippen LogP contribution in [0.4, 0.5) is 0 Å². The minimum absolute atomic E-state index is 0.0410. The van der Waals surface area contributed by atoms with Crippen LogP contribution < -0.4 is 15.1 Å². The summed E-state index contributed by atoms with van der Waals surface area (Å²) in [5, 5.41) is 25.5. The molecule has 5 heterocycles. The van der Waals surface area contributed by atoms with Gasteiger partial charge in [0.2, 0.25) is 18.1 Å². The van der Waals surface area contributed by atoms with E-state index >= 15 is 0 Å². The SMILES string of the molecule is C[C@@H](NC(=O)Cn1cnnn1)[C@H]1C(=O)N2C(C(=O)[O-])=C(SC3Cn4cnc[n+]4C3)[C@H](C)[C@H]12. The highest BCUT2D eigenvalue weighted by molar-refractivity contribution is 8.03. The third-order valence-corrected chi connectivity index (χ3v) is 7.66. The van der Waals surface area contributed by atoms with Gasteiger partial charge in [-0.1, -0.05) is 6.92 Å². The number of tetrazole rings is 1. The molecule has 0 unspecified atom stereocenters. The van der Waals surface area contributed by atoms with E-state index in [9.17, 15) is 19.5 Å². The van der Waals surface area contributed by atoms with Crippen molar-refractivity contribution in [2.45, 2.75) is 50.8 Å². The molecule has 3 aliphatic heterocycles. The van der Waals surface area contributed by atoms with E-state index in [4.69, 9.17) is 0 Å². The topological polar surface area (TPSA) is 155 Å². The number of thioether (sulfide) groups is 1. The lowest BCUT2D eigenvalue weighted by atomic mass is 9.78. The van der Waals surface area contributed by atoms with Crippen LogP contribution in [0.15, 0.2) is 29.6 Å². The molecule has 1 N–H and O–H groups in total. The summed E-state index contributed by atoms with van der Waals surface area (Å²) in [4.78, 5) is 43.3. The molecule has 2 aromatic rings. The second-order valence-electron chi connectivity index (χ2n) is 8.24. The van der Waals surface area contributed by atoms with Gasteiger partial charge >= 0.3 is 6.33 Å². The molecule has 0 bridgehead atoms. The molecule has 0 aromatic carbocycles. The molecular formula is C18H21N9O4S. The van der Waals surface area contributed by atoms with Crippen LogP contribution in [0.1, 0.15) is 13.8 Å². The molecule has 3 aliphatic rings. The average Bonchev–Trinajstić information content (AvgIpc) is 3.47. The maximum Gasteiger partial charge on any atom is 0.306 e. The summed E-state index contributed by atoms with van der Waals surface area (Å²) in [5.41, 5.74) is -0.0410. The Labute approximate surface area is 186 Å². The van der Waals surface area contributed by atoms with E-state index in [1.54, 1.807) is 19.6 Å². The zero-order valence-electron chi connectivity index (χ0n) is 17.4. The first-order chi connectivity index (χ1) is 15.3. The average molecular weight is 459 g/mol. The number of β-lactam (4-membered cyclic amide) rings is 1. The van der Waals surface area contributed by atoms with E-state index < -0.39 is 17.9 Å². The van der Waals surface area contributed by atoms with Crippen LogP contribution in [-0.2, 0) is 34.0 Å². The number of aromatic nitrogens is 7. The van der Waals surface area contributed by atoms with Crippen molar-refractivity contribution in [3.05, 3.63) is 29.6 Å². The van der Waals surface area contributed by atoms with Crippen molar-refractivity contribution in [1.29, 1.82) is 0 Å². The zero-order chi connectivity index (χ0) is 22.6. The van der Waals surface area contributed by atoms with Crippen molar-refractivity contribution in [3.63, 3.8) is 0 Å². The number of carboxylic acids is 1. The predicted octanol–water partition coefficient (Wildman–Crippen LogP) is -3.08. The van der Waals surface area contributed by atoms with Gasteiger partial charge in [0.05, 0.1) is 35.4 Å². The second kappa shape index (κ2) is 7.69. The number of carbonyl (C=O) groups excluding carboxylic acids is 3. The zero-order valence-corrected chi connectivity index (χ0v) is 18.2. The second-order valence-corrected chi connectivity index (χ2v) is 9.58. The first-order valence-corrected chi connectivity index (χ1v) is 11.1. The molecule has 5 rings (SSSR count). The van der Waals surface area contributed by atoms with Gasteiger partial charge < -0.3 is 20.1 Å². The summed E-state index contributed by atoms with van der Waals surface area (Å²) in [7, 11) is 0. The van der Waals surface area contributed by atoms with E-state index in [0.29, 0.717) is 18.0 Å². The molecule has 0 radical (unpaired) electrons. The maximum absolute atomic E-state index is 12.9. The lowest BCUT2D eigenvalue weighted by Gasteiger charge is -2.48. The maximum atomic E-state index is 12.9. The number of nitrogens with zero attached hydrogens (tertiary/aromatic N) is 8. The Morgan fingerprint density at radius 1 is 1.41 bits per heavy atom. The normalized spacial score (nSPS) is 27.2. The van der Waals surface area contributed by atoms with E-state index in [1.165, 1.54) is 27.7 Å². The molecule has 32 heavy (non-hydrogen) atoms. The number of fused-ring (bicyclic) bond motifs is 2. The van der Waals surface area contributed by atoms with E-state index in [1.807, 2.05) is 16.3 Å². The Morgan fingerprint density at radius 3 is 2.91 bits per heavy atom. The van der Waals surface area contributed by atoms with Crippen molar-refractivity contribution < 1.29 is 24.2 Å². The monoisotopic (exact) mass is 459 g/mol. The lowest BCUT2D eigenvalue weighted by molar-refractivity contribution is -0.758. The smallest absolute Gasteiger partial charge is 0.306 e. The van der Waals surface area contributed by atoms with E-state index in [-0.39, 0.29) is 41.3 Å². The quantitative estimate of drug-likeness (QED) is 0.335. The fraction of sp³-hybridized carbons (Fsp3) is 0.556. The van der Waals surface area contributed by atoms with Gasteiger partial charge in [0, 0.05) is 16.9 Å². The molecular weight excluding hydrogens is 438 g/mol. The molecule has 14 heteroatoms. The van der Waals surface area contributed by atoms with Crippen molar-refractivity contribution in [2.24, 2.45) is 11.8 Å². The van der Waals surface area contributed by atoms with Gasteiger partial charge in [-0.05, 0) is 22.3 Å². The number of rotatable bonds is 7. The number of carbonyl (C=O) groups is 3. The van der Waals surface area contributed by atoms with Crippen LogP contribution in [0.5, 0.6) is 0 Å². The van der Waals surface area contributed by atoms with E-state index in [0.717, 1.165) is 0 Å². The number of hydrogen-bond donors (Lipinski definition) is 1. The molecule has 13 nitrogen and oxygen atoms in total.